The molecule has 0 bridgehead atoms. The van der Waals surface area contributed by atoms with Gasteiger partial charge in [0.2, 0.25) is 11.8 Å². The summed E-state index contributed by atoms with van der Waals surface area (Å²) in [6.45, 7) is -0.0135. The Morgan fingerprint density at radius 1 is 1.15 bits per heavy atom. The fourth-order valence-corrected chi connectivity index (χ4v) is 3.85. The van der Waals surface area contributed by atoms with Gasteiger partial charge in [0.15, 0.2) is 0 Å². The molecule has 174 valence electrons. The number of carbonyl (C=O) groups is 2. The number of halogens is 5. The molecule has 0 aliphatic carbocycles. The number of fused-ring (bicyclic) bond motifs is 1. The molecule has 11 heteroatoms. The summed E-state index contributed by atoms with van der Waals surface area (Å²) in [6, 6.07) is 5.10. The Morgan fingerprint density at radius 2 is 1.85 bits per heavy atom. The van der Waals surface area contributed by atoms with Gasteiger partial charge < -0.3 is 20.7 Å². The van der Waals surface area contributed by atoms with Crippen LogP contribution in [0.4, 0.5) is 22.0 Å². The fraction of sp³-hybridized carbons (Fsp3) is 0.273. The number of hydrogen-bond acceptors (Lipinski definition) is 3. The van der Waals surface area contributed by atoms with Crippen molar-refractivity contribution in [2.24, 2.45) is 0 Å². The molecule has 1 aromatic heterocycles. The van der Waals surface area contributed by atoms with Crippen LogP contribution < -0.4 is 10.6 Å². The number of aliphatic hydroxyl groups is 1. The minimum absolute atomic E-state index is 0.0135. The van der Waals surface area contributed by atoms with Crippen molar-refractivity contribution in [1.82, 2.24) is 15.6 Å². The summed E-state index contributed by atoms with van der Waals surface area (Å²) in [5, 5.41) is 14.5. The quantitative estimate of drug-likeness (QED) is 0.435. The van der Waals surface area contributed by atoms with E-state index in [0.717, 1.165) is 18.2 Å². The molecule has 1 aliphatic rings. The summed E-state index contributed by atoms with van der Waals surface area (Å²) in [5.74, 6) is -2.82. The van der Waals surface area contributed by atoms with Crippen LogP contribution in [-0.2, 0) is 22.2 Å². The molecular formula is C22H18F5N3O3. The van der Waals surface area contributed by atoms with E-state index in [-0.39, 0.29) is 41.5 Å². The fourth-order valence-electron chi connectivity index (χ4n) is 3.85. The summed E-state index contributed by atoms with van der Waals surface area (Å²) >= 11 is 0. The molecule has 1 aliphatic heterocycles. The highest BCUT2D eigenvalue weighted by atomic mass is 19.4. The van der Waals surface area contributed by atoms with Gasteiger partial charge >= 0.3 is 6.18 Å². The molecule has 2 heterocycles. The number of aromatic amines is 1. The van der Waals surface area contributed by atoms with Crippen molar-refractivity contribution in [2.75, 3.05) is 6.54 Å². The number of aromatic nitrogens is 1. The van der Waals surface area contributed by atoms with E-state index in [1.807, 2.05) is 0 Å². The average Bonchev–Trinajstić information content (AvgIpc) is 3.27. The molecule has 2 atom stereocenters. The number of alkyl halides is 3. The first-order valence-electron chi connectivity index (χ1n) is 9.97. The second-order valence-corrected chi connectivity index (χ2v) is 7.72. The number of H-pyrrole nitrogens is 1. The zero-order valence-corrected chi connectivity index (χ0v) is 16.9. The smallest absolute Gasteiger partial charge is 0.389 e. The van der Waals surface area contributed by atoms with Crippen LogP contribution in [0.3, 0.4) is 0 Å². The molecule has 0 radical (unpaired) electrons. The molecule has 2 aromatic carbocycles. The van der Waals surface area contributed by atoms with E-state index in [1.54, 1.807) is 0 Å². The van der Waals surface area contributed by atoms with E-state index in [0.29, 0.717) is 11.6 Å². The third-order valence-corrected chi connectivity index (χ3v) is 5.50. The van der Waals surface area contributed by atoms with Crippen molar-refractivity contribution in [3.63, 3.8) is 0 Å². The monoisotopic (exact) mass is 467 g/mol. The summed E-state index contributed by atoms with van der Waals surface area (Å²) in [6.07, 6.45) is -6.25. The zero-order chi connectivity index (χ0) is 23.9. The number of rotatable bonds is 5. The normalized spacial score (nSPS) is 18.5. The van der Waals surface area contributed by atoms with E-state index in [4.69, 9.17) is 0 Å². The van der Waals surface area contributed by atoms with Crippen molar-refractivity contribution in [1.29, 1.82) is 0 Å². The van der Waals surface area contributed by atoms with Crippen LogP contribution in [0.1, 0.15) is 17.5 Å². The van der Waals surface area contributed by atoms with E-state index in [9.17, 15) is 36.6 Å². The summed E-state index contributed by atoms with van der Waals surface area (Å²) in [7, 11) is 0. The van der Waals surface area contributed by atoms with Crippen molar-refractivity contribution in [2.45, 2.75) is 31.2 Å². The molecule has 0 saturated carbocycles. The lowest BCUT2D eigenvalue weighted by Gasteiger charge is -2.14. The van der Waals surface area contributed by atoms with E-state index < -0.39 is 47.3 Å². The molecule has 4 N–H and O–H groups in total. The Hall–Kier alpha value is -3.47. The van der Waals surface area contributed by atoms with Crippen LogP contribution >= 0.6 is 0 Å². The van der Waals surface area contributed by atoms with Crippen molar-refractivity contribution in [3.8, 4) is 11.3 Å². The standard InChI is InChI=1S/C22H18F5N3O3/c23-12-3-1-10(2-4-12)18-13(5-6-17(32)29-20-16(31)9-28-21(20)33)14-7-11(22(25,26)27)8-15(24)19(14)30-18/h1-4,7-8,16,20,30-31H,5-6,9H2,(H,28,33)(H,29,32)/t16-,20+/m1/s1. The van der Waals surface area contributed by atoms with Gasteiger partial charge in [-0.05, 0) is 53.9 Å². The first-order chi connectivity index (χ1) is 15.5. The van der Waals surface area contributed by atoms with Crippen molar-refractivity contribution < 1.29 is 36.6 Å². The maximum Gasteiger partial charge on any atom is 0.416 e. The molecule has 33 heavy (non-hydrogen) atoms. The second-order valence-electron chi connectivity index (χ2n) is 7.72. The molecule has 0 unspecified atom stereocenters. The molecule has 4 rings (SSSR count). The summed E-state index contributed by atoms with van der Waals surface area (Å²) in [4.78, 5) is 26.8. The Kier molecular flexibility index (Phi) is 5.83. The highest BCUT2D eigenvalue weighted by Crippen LogP contribution is 2.37. The number of amides is 2. The first-order valence-corrected chi connectivity index (χ1v) is 9.97. The van der Waals surface area contributed by atoms with Crippen LogP contribution in [-0.4, -0.2) is 40.6 Å². The SMILES string of the molecule is O=C(CCc1c(-c2ccc(F)cc2)[nH]c2c(F)cc(C(F)(F)F)cc12)N[C@@H]1C(=O)NC[C@H]1O. The third kappa shape index (κ3) is 4.54. The van der Waals surface area contributed by atoms with Gasteiger partial charge in [-0.1, -0.05) is 0 Å². The molecule has 3 aromatic rings. The number of aliphatic hydroxyl groups excluding tert-OH is 1. The maximum absolute atomic E-state index is 14.6. The van der Waals surface area contributed by atoms with Gasteiger partial charge in [0.1, 0.15) is 23.8 Å². The largest absolute Gasteiger partial charge is 0.416 e. The van der Waals surface area contributed by atoms with Crippen LogP contribution in [0.5, 0.6) is 0 Å². The van der Waals surface area contributed by atoms with Crippen LogP contribution in [0.15, 0.2) is 36.4 Å². The first kappa shape index (κ1) is 22.7. The Labute approximate surface area is 183 Å². The number of benzene rings is 2. The van der Waals surface area contributed by atoms with Gasteiger partial charge in [0.25, 0.3) is 0 Å². The molecular weight excluding hydrogens is 449 g/mol. The highest BCUT2D eigenvalue weighted by Gasteiger charge is 2.35. The average molecular weight is 467 g/mol. The minimum Gasteiger partial charge on any atom is -0.389 e. The zero-order valence-electron chi connectivity index (χ0n) is 16.9. The van der Waals surface area contributed by atoms with E-state index in [2.05, 4.69) is 15.6 Å². The van der Waals surface area contributed by atoms with Gasteiger partial charge in [0, 0.05) is 24.0 Å². The van der Waals surface area contributed by atoms with E-state index >= 15 is 0 Å². The van der Waals surface area contributed by atoms with Crippen molar-refractivity contribution in [3.05, 3.63) is 59.2 Å². The lowest BCUT2D eigenvalue weighted by Crippen LogP contribution is -2.45. The van der Waals surface area contributed by atoms with Gasteiger partial charge in [0.05, 0.1) is 11.1 Å². The van der Waals surface area contributed by atoms with Crippen molar-refractivity contribution >= 4 is 22.7 Å². The Balaban J connectivity index is 1.71. The highest BCUT2D eigenvalue weighted by molar-refractivity contribution is 5.93. The van der Waals surface area contributed by atoms with Crippen LogP contribution in [0, 0.1) is 11.6 Å². The number of β-amino-alcohol motifs (C(OH)–C–C–N with tert-alkyl or cyclic N) is 1. The van der Waals surface area contributed by atoms with Crippen LogP contribution in [0.2, 0.25) is 0 Å². The lowest BCUT2D eigenvalue weighted by molar-refractivity contribution is -0.137. The minimum atomic E-state index is -4.79. The molecule has 1 fully saturated rings. The molecule has 6 nitrogen and oxygen atoms in total. The topological polar surface area (TPSA) is 94.2 Å². The Bertz CT molecular complexity index is 1220. The maximum atomic E-state index is 14.6. The number of carbonyl (C=O) groups excluding carboxylic acids is 2. The number of nitrogens with one attached hydrogen (secondary N) is 3. The molecule has 1 saturated heterocycles. The van der Waals surface area contributed by atoms with Gasteiger partial charge in [-0.2, -0.15) is 13.2 Å². The Morgan fingerprint density at radius 3 is 2.45 bits per heavy atom. The van der Waals surface area contributed by atoms with E-state index in [1.165, 1.54) is 12.1 Å². The summed E-state index contributed by atoms with van der Waals surface area (Å²) in [5.41, 5.74) is -0.499. The lowest BCUT2D eigenvalue weighted by atomic mass is 9.99. The van der Waals surface area contributed by atoms with Crippen LogP contribution in [0.25, 0.3) is 22.2 Å². The molecule has 0 spiro atoms. The van der Waals surface area contributed by atoms with Gasteiger partial charge in [-0.15, -0.1) is 0 Å². The second kappa shape index (κ2) is 8.47. The predicted molar refractivity (Wildman–Crippen MR) is 108 cm³/mol. The molecule has 2 amide bonds. The number of hydrogen-bond donors (Lipinski definition) is 4. The third-order valence-electron chi connectivity index (χ3n) is 5.50. The van der Waals surface area contributed by atoms with Gasteiger partial charge in [-0.25, -0.2) is 8.78 Å². The summed E-state index contributed by atoms with van der Waals surface area (Å²) < 4.78 is 67.7. The number of aryl methyl sites for hydroxylation is 1. The predicted octanol–water partition coefficient (Wildman–Crippen LogP) is 3.04. The van der Waals surface area contributed by atoms with Gasteiger partial charge in [-0.3, -0.25) is 9.59 Å².